The highest BCUT2D eigenvalue weighted by molar-refractivity contribution is 5.80. The monoisotopic (exact) mass is 326 g/mol. The van der Waals surface area contributed by atoms with Gasteiger partial charge in [-0.05, 0) is 32.6 Å². The Bertz CT molecular complexity index is 331. The van der Waals surface area contributed by atoms with Crippen LogP contribution in [-0.2, 0) is 9.59 Å². The van der Waals surface area contributed by atoms with Crippen molar-refractivity contribution in [1.82, 2.24) is 10.6 Å². The van der Waals surface area contributed by atoms with Gasteiger partial charge in [-0.2, -0.15) is 0 Å². The zero-order valence-corrected chi connectivity index (χ0v) is 15.9. The van der Waals surface area contributed by atoms with Gasteiger partial charge in [0.2, 0.25) is 11.8 Å². The second kappa shape index (κ2) is 13.4. The highest BCUT2D eigenvalue weighted by Crippen LogP contribution is 2.13. The van der Waals surface area contributed by atoms with E-state index >= 15 is 0 Å². The second-order valence-electron chi connectivity index (χ2n) is 6.65. The second-order valence-corrected chi connectivity index (χ2v) is 6.65. The normalized spacial score (nSPS) is 14.8. The van der Waals surface area contributed by atoms with Crippen LogP contribution in [0.1, 0.15) is 86.0 Å². The summed E-state index contributed by atoms with van der Waals surface area (Å²) in [5, 5.41) is 6.04. The summed E-state index contributed by atoms with van der Waals surface area (Å²) in [5.74, 6) is 0.452. The van der Waals surface area contributed by atoms with E-state index in [9.17, 15) is 9.59 Å². The van der Waals surface area contributed by atoms with Gasteiger partial charge in [0.25, 0.3) is 0 Å². The van der Waals surface area contributed by atoms with E-state index in [2.05, 4.69) is 38.3 Å². The van der Waals surface area contributed by atoms with Gasteiger partial charge in [0.15, 0.2) is 0 Å². The minimum Gasteiger partial charge on any atom is -0.354 e. The molecule has 0 aliphatic heterocycles. The van der Waals surface area contributed by atoms with Gasteiger partial charge >= 0.3 is 0 Å². The van der Waals surface area contributed by atoms with Gasteiger partial charge < -0.3 is 10.6 Å². The Hall–Kier alpha value is -1.06. The fourth-order valence-electron chi connectivity index (χ4n) is 2.75. The first-order chi connectivity index (χ1) is 11.0. The number of rotatable bonds is 13. The van der Waals surface area contributed by atoms with Crippen LogP contribution < -0.4 is 10.6 Å². The molecule has 4 heteroatoms. The summed E-state index contributed by atoms with van der Waals surface area (Å²) >= 11 is 0. The highest BCUT2D eigenvalue weighted by Gasteiger charge is 2.19. The van der Waals surface area contributed by atoms with Crippen LogP contribution >= 0.6 is 0 Å². The third-order valence-electron chi connectivity index (χ3n) is 4.51. The molecule has 2 amide bonds. The molecule has 3 atom stereocenters. The highest BCUT2D eigenvalue weighted by atomic mass is 16.2. The predicted molar refractivity (Wildman–Crippen MR) is 97.2 cm³/mol. The van der Waals surface area contributed by atoms with Crippen molar-refractivity contribution in [3.63, 3.8) is 0 Å². The molecule has 0 unspecified atom stereocenters. The Labute approximate surface area is 143 Å². The molecule has 2 N–H and O–H groups in total. The standard InChI is InChI=1S/C19H38N2O2/c1-6-10-12-16(8-3)18(22)20-14-15(5)21-19(23)17(9-4)13-11-7-2/h15-17H,6-14H2,1-5H3,(H,20,22)(H,21,23)/t15-,16+,17-/m0/s1. The maximum atomic E-state index is 12.2. The van der Waals surface area contributed by atoms with Crippen molar-refractivity contribution >= 4 is 11.8 Å². The van der Waals surface area contributed by atoms with Gasteiger partial charge in [-0.1, -0.05) is 53.4 Å². The van der Waals surface area contributed by atoms with Crippen molar-refractivity contribution in [2.45, 2.75) is 92.0 Å². The summed E-state index contributed by atoms with van der Waals surface area (Å²) in [6.45, 7) is 10.9. The van der Waals surface area contributed by atoms with E-state index in [0.29, 0.717) is 6.54 Å². The van der Waals surface area contributed by atoms with Gasteiger partial charge in [0, 0.05) is 24.4 Å². The van der Waals surface area contributed by atoms with E-state index in [1.54, 1.807) is 0 Å². The van der Waals surface area contributed by atoms with Crippen molar-refractivity contribution in [3.05, 3.63) is 0 Å². The van der Waals surface area contributed by atoms with Gasteiger partial charge in [0.05, 0.1) is 0 Å². The molecule has 136 valence electrons. The molecule has 0 aromatic heterocycles. The summed E-state index contributed by atoms with van der Waals surface area (Å²) < 4.78 is 0. The SMILES string of the molecule is CCCC[C@@H](CC)C(=O)NC[C@H](C)NC(=O)[C@@H](CC)CCCC. The molecule has 23 heavy (non-hydrogen) atoms. The number of unbranched alkanes of at least 4 members (excludes halogenated alkanes) is 2. The molecule has 0 aromatic carbocycles. The molecule has 0 heterocycles. The van der Waals surface area contributed by atoms with Gasteiger partial charge in [-0.3, -0.25) is 9.59 Å². The summed E-state index contributed by atoms with van der Waals surface area (Å²) in [7, 11) is 0. The van der Waals surface area contributed by atoms with Crippen molar-refractivity contribution in [2.75, 3.05) is 6.54 Å². The average molecular weight is 327 g/mol. The Balaban J connectivity index is 4.19. The fraction of sp³-hybridized carbons (Fsp3) is 0.895. The lowest BCUT2D eigenvalue weighted by molar-refractivity contribution is -0.127. The first kappa shape index (κ1) is 21.9. The van der Waals surface area contributed by atoms with E-state index in [1.807, 2.05) is 6.92 Å². The van der Waals surface area contributed by atoms with Crippen molar-refractivity contribution in [3.8, 4) is 0 Å². The summed E-state index contributed by atoms with van der Waals surface area (Å²) in [4.78, 5) is 24.4. The molecule has 4 nitrogen and oxygen atoms in total. The van der Waals surface area contributed by atoms with Crippen molar-refractivity contribution in [1.29, 1.82) is 0 Å². The number of hydrogen-bond donors (Lipinski definition) is 2. The van der Waals surface area contributed by atoms with E-state index in [4.69, 9.17) is 0 Å². The fourth-order valence-corrected chi connectivity index (χ4v) is 2.75. The molecule has 0 radical (unpaired) electrons. The third kappa shape index (κ3) is 9.62. The maximum Gasteiger partial charge on any atom is 0.223 e. The Morgan fingerprint density at radius 2 is 1.30 bits per heavy atom. The molecule has 0 fully saturated rings. The quantitative estimate of drug-likeness (QED) is 0.536. The van der Waals surface area contributed by atoms with Crippen LogP contribution in [0.2, 0.25) is 0 Å². The summed E-state index contributed by atoms with van der Waals surface area (Å²) in [6.07, 6.45) is 8.07. The van der Waals surface area contributed by atoms with E-state index in [0.717, 1.165) is 51.4 Å². The third-order valence-corrected chi connectivity index (χ3v) is 4.51. The molecule has 0 aromatic rings. The van der Waals surface area contributed by atoms with Gasteiger partial charge in [0.1, 0.15) is 0 Å². The van der Waals surface area contributed by atoms with Crippen molar-refractivity contribution in [2.24, 2.45) is 11.8 Å². The Kier molecular flexibility index (Phi) is 12.8. The van der Waals surface area contributed by atoms with E-state index in [-0.39, 0.29) is 29.7 Å². The van der Waals surface area contributed by atoms with Crippen LogP contribution in [0, 0.1) is 11.8 Å². The molecular formula is C19H38N2O2. The minimum atomic E-state index is -0.0224. The number of amides is 2. The largest absolute Gasteiger partial charge is 0.354 e. The van der Waals surface area contributed by atoms with E-state index < -0.39 is 0 Å². The molecule has 0 spiro atoms. The number of carbonyl (C=O) groups is 2. The van der Waals surface area contributed by atoms with Crippen molar-refractivity contribution < 1.29 is 9.59 Å². The molecule has 0 aliphatic rings. The number of hydrogen-bond acceptors (Lipinski definition) is 2. The molecule has 0 rings (SSSR count). The lowest BCUT2D eigenvalue weighted by Crippen LogP contribution is -2.45. The molecular weight excluding hydrogens is 288 g/mol. The predicted octanol–water partition coefficient (Wildman–Crippen LogP) is 4.04. The maximum absolute atomic E-state index is 12.2. The van der Waals surface area contributed by atoms with Crippen LogP contribution in [-0.4, -0.2) is 24.4 Å². The Morgan fingerprint density at radius 3 is 1.74 bits per heavy atom. The first-order valence-corrected chi connectivity index (χ1v) is 9.57. The molecule has 0 bridgehead atoms. The average Bonchev–Trinajstić information content (AvgIpc) is 2.54. The zero-order valence-electron chi connectivity index (χ0n) is 15.9. The first-order valence-electron chi connectivity index (χ1n) is 9.57. The Morgan fingerprint density at radius 1 is 0.826 bits per heavy atom. The molecule has 0 aliphatic carbocycles. The van der Waals surface area contributed by atoms with Crippen LogP contribution in [0.15, 0.2) is 0 Å². The lowest BCUT2D eigenvalue weighted by atomic mass is 9.98. The minimum absolute atomic E-state index is 0.0224. The topological polar surface area (TPSA) is 58.2 Å². The molecule has 0 saturated carbocycles. The van der Waals surface area contributed by atoms with Crippen LogP contribution in [0.25, 0.3) is 0 Å². The zero-order chi connectivity index (χ0) is 17.7. The number of nitrogens with one attached hydrogen (secondary N) is 2. The molecule has 0 saturated heterocycles. The smallest absolute Gasteiger partial charge is 0.223 e. The van der Waals surface area contributed by atoms with Crippen LogP contribution in [0.5, 0.6) is 0 Å². The van der Waals surface area contributed by atoms with Gasteiger partial charge in [-0.25, -0.2) is 0 Å². The number of carbonyl (C=O) groups excluding carboxylic acids is 2. The lowest BCUT2D eigenvalue weighted by Gasteiger charge is -2.21. The van der Waals surface area contributed by atoms with Crippen LogP contribution in [0.4, 0.5) is 0 Å². The van der Waals surface area contributed by atoms with Gasteiger partial charge in [-0.15, -0.1) is 0 Å². The summed E-state index contributed by atoms with van der Waals surface area (Å²) in [5.41, 5.74) is 0. The van der Waals surface area contributed by atoms with Crippen LogP contribution in [0.3, 0.4) is 0 Å². The van der Waals surface area contributed by atoms with E-state index in [1.165, 1.54) is 0 Å². The summed E-state index contributed by atoms with van der Waals surface area (Å²) in [6, 6.07) is -0.0224.